The Morgan fingerprint density at radius 3 is 1.82 bits per heavy atom. The van der Waals surface area contributed by atoms with Crippen molar-refractivity contribution in [3.63, 3.8) is 0 Å². The van der Waals surface area contributed by atoms with Crippen LogP contribution in [0.2, 0.25) is 0 Å². The van der Waals surface area contributed by atoms with Gasteiger partial charge in [0, 0.05) is 29.8 Å². The molecule has 0 heterocycles. The van der Waals surface area contributed by atoms with E-state index in [-0.39, 0.29) is 24.2 Å². The van der Waals surface area contributed by atoms with Gasteiger partial charge >= 0.3 is 24.3 Å². The van der Waals surface area contributed by atoms with E-state index in [0.29, 0.717) is 16.3 Å². The van der Waals surface area contributed by atoms with Crippen molar-refractivity contribution in [3.05, 3.63) is 64.2 Å². The van der Waals surface area contributed by atoms with Crippen molar-refractivity contribution < 1.29 is 38.2 Å². The lowest BCUT2D eigenvalue weighted by Gasteiger charge is -2.42. The fourth-order valence-electron chi connectivity index (χ4n) is 4.58. The second kappa shape index (κ2) is 14.6. The molecule has 2 aromatic carbocycles. The van der Waals surface area contributed by atoms with E-state index < -0.39 is 47.0 Å². The van der Waals surface area contributed by atoms with Gasteiger partial charge in [0.15, 0.2) is 0 Å². The van der Waals surface area contributed by atoms with Gasteiger partial charge in [0.25, 0.3) is 11.8 Å². The van der Waals surface area contributed by atoms with Gasteiger partial charge < -0.3 is 19.1 Å². The van der Waals surface area contributed by atoms with E-state index in [9.17, 15) is 24.0 Å². The van der Waals surface area contributed by atoms with Gasteiger partial charge in [-0.15, -0.1) is 5.01 Å². The largest absolute Gasteiger partial charge is 0.496 e. The van der Waals surface area contributed by atoms with Gasteiger partial charge in [-0.25, -0.2) is 9.80 Å². The molecule has 45 heavy (non-hydrogen) atoms. The van der Waals surface area contributed by atoms with E-state index in [2.05, 4.69) is 0 Å². The number of benzene rings is 2. The maximum Gasteiger partial charge on any atom is 0.440 e. The summed E-state index contributed by atoms with van der Waals surface area (Å²) in [5.41, 5.74) is 0.0718. The number of methoxy groups -OCH3 is 1. The SMILES string of the molecule is CCN(CC)C(=O)C(OC(=O)N(C(=O)c1cccc(OC)c1C)N(C(=O)c1cc(C)cc(C)c1)C(C)(C)C)OC(=O)C(C)(C)C. The van der Waals surface area contributed by atoms with Crippen LogP contribution in [0.25, 0.3) is 0 Å². The van der Waals surface area contributed by atoms with Crippen LogP contribution in [0.4, 0.5) is 4.79 Å². The molecule has 0 bridgehead atoms. The number of hydrogen-bond acceptors (Lipinski definition) is 8. The summed E-state index contributed by atoms with van der Waals surface area (Å²) in [4.78, 5) is 70.6. The van der Waals surface area contributed by atoms with E-state index in [1.54, 1.807) is 86.6 Å². The maximum atomic E-state index is 14.4. The second-order valence-electron chi connectivity index (χ2n) is 12.8. The number of aryl methyl sites for hydroxylation is 2. The molecule has 0 aliphatic heterocycles. The molecule has 0 radical (unpaired) electrons. The lowest BCUT2D eigenvalue weighted by Crippen LogP contribution is -2.61. The summed E-state index contributed by atoms with van der Waals surface area (Å²) in [6.45, 7) is 18.9. The van der Waals surface area contributed by atoms with E-state index in [0.717, 1.165) is 16.1 Å². The molecule has 246 valence electrons. The van der Waals surface area contributed by atoms with Crippen LogP contribution in [0.5, 0.6) is 5.75 Å². The molecule has 0 spiro atoms. The molecule has 1 unspecified atom stereocenters. The molecule has 0 aliphatic rings. The molecule has 0 saturated carbocycles. The quantitative estimate of drug-likeness (QED) is 0.204. The number of hydrazine groups is 1. The normalized spacial score (nSPS) is 12.1. The highest BCUT2D eigenvalue weighted by atomic mass is 16.7. The lowest BCUT2D eigenvalue weighted by molar-refractivity contribution is -0.191. The molecule has 0 saturated heterocycles. The van der Waals surface area contributed by atoms with Gasteiger partial charge in [-0.2, -0.15) is 0 Å². The predicted octanol–water partition coefficient (Wildman–Crippen LogP) is 5.84. The van der Waals surface area contributed by atoms with Crippen molar-refractivity contribution in [1.29, 1.82) is 0 Å². The highest BCUT2D eigenvalue weighted by Gasteiger charge is 2.44. The Morgan fingerprint density at radius 1 is 0.800 bits per heavy atom. The highest BCUT2D eigenvalue weighted by molar-refractivity contribution is 6.07. The van der Waals surface area contributed by atoms with Crippen molar-refractivity contribution in [2.24, 2.45) is 5.41 Å². The van der Waals surface area contributed by atoms with Crippen LogP contribution >= 0.6 is 0 Å². The third-order valence-corrected chi connectivity index (χ3v) is 6.91. The average Bonchev–Trinajstić information content (AvgIpc) is 2.93. The molecule has 2 aromatic rings. The topological polar surface area (TPSA) is 123 Å². The molecular weight excluding hydrogens is 578 g/mol. The monoisotopic (exact) mass is 625 g/mol. The molecule has 0 aromatic heterocycles. The van der Waals surface area contributed by atoms with E-state index >= 15 is 0 Å². The van der Waals surface area contributed by atoms with Gasteiger partial charge in [0.2, 0.25) is 0 Å². The molecular formula is C34H47N3O8. The van der Waals surface area contributed by atoms with Gasteiger partial charge in [0.05, 0.1) is 18.1 Å². The number of hydrogen-bond donors (Lipinski definition) is 0. The maximum absolute atomic E-state index is 14.4. The number of likely N-dealkylation sites (N-methyl/N-ethyl adjacent to an activating group) is 1. The molecule has 11 heteroatoms. The lowest BCUT2D eigenvalue weighted by atomic mass is 9.97. The van der Waals surface area contributed by atoms with Crippen LogP contribution in [-0.2, 0) is 19.1 Å². The molecule has 1 atom stereocenters. The van der Waals surface area contributed by atoms with E-state index in [1.807, 2.05) is 19.9 Å². The first-order valence-electron chi connectivity index (χ1n) is 14.9. The zero-order valence-corrected chi connectivity index (χ0v) is 28.6. The molecule has 0 aliphatic carbocycles. The van der Waals surface area contributed by atoms with Crippen LogP contribution in [0.1, 0.15) is 92.8 Å². The zero-order chi connectivity index (χ0) is 34.4. The number of ether oxygens (including phenoxy) is 3. The first kappa shape index (κ1) is 36.8. The Labute approximate surface area is 266 Å². The van der Waals surface area contributed by atoms with Crippen LogP contribution in [0.3, 0.4) is 0 Å². The van der Waals surface area contributed by atoms with E-state index in [1.165, 1.54) is 18.1 Å². The number of nitrogens with zero attached hydrogens (tertiary/aromatic N) is 3. The summed E-state index contributed by atoms with van der Waals surface area (Å²) in [5, 5.41) is 1.56. The van der Waals surface area contributed by atoms with Crippen molar-refractivity contribution in [2.75, 3.05) is 20.2 Å². The van der Waals surface area contributed by atoms with Crippen molar-refractivity contribution in [1.82, 2.24) is 14.9 Å². The van der Waals surface area contributed by atoms with Crippen molar-refractivity contribution in [2.45, 2.75) is 88.0 Å². The second-order valence-corrected chi connectivity index (χ2v) is 12.8. The number of carbonyl (C=O) groups excluding carboxylic acids is 5. The minimum absolute atomic E-state index is 0.0482. The van der Waals surface area contributed by atoms with Crippen LogP contribution in [0.15, 0.2) is 36.4 Å². The summed E-state index contributed by atoms with van der Waals surface area (Å²) in [6, 6.07) is 9.91. The van der Waals surface area contributed by atoms with Gasteiger partial charge in [-0.05, 0) is 100 Å². The highest BCUT2D eigenvalue weighted by Crippen LogP contribution is 2.28. The number of esters is 1. The standard InChI is InChI=1S/C34H47N3O8/c1-13-35(14-2)29(40)30(44-31(41)33(6,7)8)45-32(42)36(28(39)25-16-15-17-26(43-12)23(25)5)37(34(9,10)11)27(38)24-19-21(3)18-22(4)20-24/h15-20,30H,13-14H2,1-12H3. The Bertz CT molecular complexity index is 1410. The third kappa shape index (κ3) is 8.83. The molecule has 0 N–H and O–H groups in total. The summed E-state index contributed by atoms with van der Waals surface area (Å²) >= 11 is 0. The van der Waals surface area contributed by atoms with Gasteiger partial charge in [-0.3, -0.25) is 19.2 Å². The van der Waals surface area contributed by atoms with Crippen molar-refractivity contribution >= 4 is 29.8 Å². The predicted molar refractivity (Wildman–Crippen MR) is 169 cm³/mol. The Hall–Kier alpha value is -4.41. The zero-order valence-electron chi connectivity index (χ0n) is 28.6. The minimum Gasteiger partial charge on any atom is -0.496 e. The molecule has 0 fully saturated rings. The fourth-order valence-corrected chi connectivity index (χ4v) is 4.58. The third-order valence-electron chi connectivity index (χ3n) is 6.91. The average molecular weight is 626 g/mol. The van der Waals surface area contributed by atoms with E-state index in [4.69, 9.17) is 14.2 Å². The van der Waals surface area contributed by atoms with Gasteiger partial charge in [-0.1, -0.05) is 23.3 Å². The first-order chi connectivity index (χ1) is 20.8. The van der Waals surface area contributed by atoms with Crippen molar-refractivity contribution in [3.8, 4) is 5.75 Å². The summed E-state index contributed by atoms with van der Waals surface area (Å²) < 4.78 is 16.4. The first-order valence-corrected chi connectivity index (χ1v) is 14.9. The van der Waals surface area contributed by atoms with Crippen LogP contribution in [0, 0.1) is 26.2 Å². The van der Waals surface area contributed by atoms with Gasteiger partial charge in [0.1, 0.15) is 5.75 Å². The number of rotatable bonds is 8. The smallest absolute Gasteiger partial charge is 0.440 e. The molecule has 4 amide bonds. The molecule has 11 nitrogen and oxygen atoms in total. The molecule has 2 rings (SSSR count). The Morgan fingerprint density at radius 2 is 1.36 bits per heavy atom. The number of amides is 4. The Balaban J connectivity index is 2.81. The summed E-state index contributed by atoms with van der Waals surface area (Å²) in [5.74, 6) is -2.80. The summed E-state index contributed by atoms with van der Waals surface area (Å²) in [6.07, 6.45) is -3.41. The fraction of sp³-hybridized carbons (Fsp3) is 0.500. The summed E-state index contributed by atoms with van der Waals surface area (Å²) in [7, 11) is 1.45. The minimum atomic E-state index is -2.02. The van der Waals surface area contributed by atoms with Crippen LogP contribution in [-0.4, -0.2) is 76.7 Å². The number of imide groups is 1. The number of carbonyl (C=O) groups is 5. The van der Waals surface area contributed by atoms with Crippen LogP contribution < -0.4 is 4.74 Å². The Kier molecular flexibility index (Phi) is 11.9.